The van der Waals surface area contributed by atoms with Gasteiger partial charge in [0.1, 0.15) is 6.10 Å². The summed E-state index contributed by atoms with van der Waals surface area (Å²) < 4.78 is 5.94. The standard InChI is InChI=1S/C58H107NO5/c1-4-7-10-13-16-19-22-25-26-27-28-29-30-33-36-39-42-45-48-51-58(63)64-54(49-46-43-40-37-34-31-23-20-17-14-11-8-5-2)52-57(62)59-55(53-60)56(61)50-47-44-41-38-35-32-24-21-18-15-12-9-6-3/h16,19,25-26,28-29,33,36,54-56,60-61H,4-15,17-18,20-24,27,30-32,34-35,37-53H2,1-3H3,(H,59,62)/b19-16-,26-25-,29-28-,36-33-. The van der Waals surface area contributed by atoms with Gasteiger partial charge in [0.15, 0.2) is 0 Å². The minimum absolute atomic E-state index is 0.0675. The number of hydrogen-bond donors (Lipinski definition) is 3. The minimum Gasteiger partial charge on any atom is -0.462 e. The first-order valence-electron chi connectivity index (χ1n) is 27.9. The van der Waals surface area contributed by atoms with Crippen molar-refractivity contribution >= 4 is 11.9 Å². The third-order valence-corrected chi connectivity index (χ3v) is 12.7. The molecule has 0 aromatic rings. The van der Waals surface area contributed by atoms with Gasteiger partial charge in [-0.3, -0.25) is 9.59 Å². The van der Waals surface area contributed by atoms with E-state index in [-0.39, 0.29) is 24.9 Å². The van der Waals surface area contributed by atoms with Crippen molar-refractivity contribution in [1.29, 1.82) is 0 Å². The Morgan fingerprint density at radius 3 is 1.22 bits per heavy atom. The van der Waals surface area contributed by atoms with Crippen molar-refractivity contribution in [2.24, 2.45) is 0 Å². The van der Waals surface area contributed by atoms with E-state index in [0.717, 1.165) is 77.0 Å². The van der Waals surface area contributed by atoms with Gasteiger partial charge < -0.3 is 20.3 Å². The van der Waals surface area contributed by atoms with Gasteiger partial charge in [0.05, 0.1) is 25.2 Å². The van der Waals surface area contributed by atoms with Gasteiger partial charge in [0.2, 0.25) is 5.91 Å². The number of carbonyl (C=O) groups excluding carboxylic acids is 2. The highest BCUT2D eigenvalue weighted by atomic mass is 16.5. The molecule has 6 nitrogen and oxygen atoms in total. The molecule has 374 valence electrons. The lowest BCUT2D eigenvalue weighted by Crippen LogP contribution is -2.46. The molecule has 0 bridgehead atoms. The quantitative estimate of drug-likeness (QED) is 0.0321. The maximum Gasteiger partial charge on any atom is 0.306 e. The Bertz CT molecular complexity index is 1100. The first-order valence-corrected chi connectivity index (χ1v) is 27.9. The second-order valence-electron chi connectivity index (χ2n) is 19.0. The van der Waals surface area contributed by atoms with Crippen molar-refractivity contribution in [3.8, 4) is 0 Å². The number of ether oxygens (including phenoxy) is 1. The number of hydrogen-bond acceptors (Lipinski definition) is 5. The summed E-state index contributed by atoms with van der Waals surface area (Å²) >= 11 is 0. The normalized spacial score (nSPS) is 13.5. The van der Waals surface area contributed by atoms with Crippen LogP contribution in [0.25, 0.3) is 0 Å². The van der Waals surface area contributed by atoms with Crippen LogP contribution in [0, 0.1) is 0 Å². The van der Waals surface area contributed by atoms with Crippen LogP contribution in [0.4, 0.5) is 0 Å². The molecule has 0 rings (SSSR count). The molecule has 0 fully saturated rings. The van der Waals surface area contributed by atoms with Gasteiger partial charge in [-0.15, -0.1) is 0 Å². The lowest BCUT2D eigenvalue weighted by atomic mass is 10.0. The van der Waals surface area contributed by atoms with E-state index in [1.807, 2.05) is 0 Å². The summed E-state index contributed by atoms with van der Waals surface area (Å²) in [4.78, 5) is 26.2. The van der Waals surface area contributed by atoms with Gasteiger partial charge >= 0.3 is 5.97 Å². The number of rotatable bonds is 50. The molecule has 3 N–H and O–H groups in total. The van der Waals surface area contributed by atoms with Gasteiger partial charge in [0, 0.05) is 6.42 Å². The summed E-state index contributed by atoms with van der Waals surface area (Å²) in [5.41, 5.74) is 0. The summed E-state index contributed by atoms with van der Waals surface area (Å²) in [6, 6.07) is -0.706. The van der Waals surface area contributed by atoms with E-state index in [2.05, 4.69) is 74.7 Å². The molecular formula is C58H107NO5. The largest absolute Gasteiger partial charge is 0.462 e. The molecular weight excluding hydrogens is 791 g/mol. The van der Waals surface area contributed by atoms with Gasteiger partial charge in [-0.2, -0.15) is 0 Å². The molecule has 0 aliphatic carbocycles. The fraction of sp³-hybridized carbons (Fsp3) is 0.828. The van der Waals surface area contributed by atoms with Crippen LogP contribution < -0.4 is 5.32 Å². The van der Waals surface area contributed by atoms with Crippen LogP contribution in [0.3, 0.4) is 0 Å². The highest BCUT2D eigenvalue weighted by molar-refractivity contribution is 5.77. The smallest absolute Gasteiger partial charge is 0.306 e. The van der Waals surface area contributed by atoms with Gasteiger partial charge in [-0.1, -0.05) is 249 Å². The molecule has 3 unspecified atom stereocenters. The zero-order valence-electron chi connectivity index (χ0n) is 42.7. The highest BCUT2D eigenvalue weighted by Crippen LogP contribution is 2.18. The first-order chi connectivity index (χ1) is 31.5. The molecule has 3 atom stereocenters. The van der Waals surface area contributed by atoms with E-state index in [1.165, 1.54) is 161 Å². The van der Waals surface area contributed by atoms with Crippen LogP contribution >= 0.6 is 0 Å². The second-order valence-corrected chi connectivity index (χ2v) is 19.0. The zero-order chi connectivity index (χ0) is 46.7. The molecule has 1 amide bonds. The summed E-state index contributed by atoms with van der Waals surface area (Å²) in [6.07, 6.45) is 63.1. The van der Waals surface area contributed by atoms with E-state index >= 15 is 0 Å². The van der Waals surface area contributed by atoms with Crippen molar-refractivity contribution in [2.75, 3.05) is 6.61 Å². The Labute approximate surface area is 397 Å². The third-order valence-electron chi connectivity index (χ3n) is 12.7. The van der Waals surface area contributed by atoms with Crippen LogP contribution in [0.1, 0.15) is 284 Å². The van der Waals surface area contributed by atoms with E-state index < -0.39 is 18.2 Å². The number of amides is 1. The summed E-state index contributed by atoms with van der Waals surface area (Å²) in [6.45, 7) is 6.47. The predicted octanol–water partition coefficient (Wildman–Crippen LogP) is 17.0. The summed E-state index contributed by atoms with van der Waals surface area (Å²) in [5, 5.41) is 23.8. The van der Waals surface area contributed by atoms with Crippen molar-refractivity contribution in [3.63, 3.8) is 0 Å². The van der Waals surface area contributed by atoms with Crippen LogP contribution in [-0.4, -0.2) is 46.9 Å². The summed E-state index contributed by atoms with van der Waals surface area (Å²) in [7, 11) is 0. The van der Waals surface area contributed by atoms with Crippen molar-refractivity contribution in [1.82, 2.24) is 5.32 Å². The molecule has 0 aliphatic heterocycles. The Balaban J connectivity index is 4.58. The topological polar surface area (TPSA) is 95.9 Å². The van der Waals surface area contributed by atoms with Gasteiger partial charge in [-0.25, -0.2) is 0 Å². The molecule has 0 heterocycles. The summed E-state index contributed by atoms with van der Waals surface area (Å²) in [5.74, 6) is -0.499. The van der Waals surface area contributed by atoms with E-state index in [0.29, 0.717) is 19.3 Å². The average molecular weight is 898 g/mol. The van der Waals surface area contributed by atoms with Crippen LogP contribution in [0.5, 0.6) is 0 Å². The monoisotopic (exact) mass is 898 g/mol. The molecule has 0 aliphatic rings. The number of allylic oxidation sites excluding steroid dienone is 8. The first kappa shape index (κ1) is 61.8. The lowest BCUT2D eigenvalue weighted by molar-refractivity contribution is -0.151. The maximum atomic E-state index is 13.2. The molecule has 0 saturated carbocycles. The number of unbranched alkanes of at least 4 members (excludes halogenated alkanes) is 30. The van der Waals surface area contributed by atoms with E-state index in [4.69, 9.17) is 4.74 Å². The van der Waals surface area contributed by atoms with Crippen LogP contribution in [0.2, 0.25) is 0 Å². The van der Waals surface area contributed by atoms with Gasteiger partial charge in [0.25, 0.3) is 0 Å². The maximum absolute atomic E-state index is 13.2. The number of esters is 1. The Morgan fingerprint density at radius 2 is 0.797 bits per heavy atom. The average Bonchev–Trinajstić information content (AvgIpc) is 3.29. The second kappa shape index (κ2) is 51.8. The highest BCUT2D eigenvalue weighted by Gasteiger charge is 2.24. The zero-order valence-corrected chi connectivity index (χ0v) is 42.7. The molecule has 6 heteroatoms. The predicted molar refractivity (Wildman–Crippen MR) is 278 cm³/mol. The Hall–Kier alpha value is -2.18. The van der Waals surface area contributed by atoms with E-state index in [9.17, 15) is 19.8 Å². The molecule has 64 heavy (non-hydrogen) atoms. The SMILES string of the molecule is CCCCC/C=C\C/C=C\C/C=C\C/C=C\CCCCCC(=O)OC(CCCCCCCCCCCCCCC)CC(=O)NC(CO)C(O)CCCCCCCCCCCCCCC. The minimum atomic E-state index is -0.792. The third kappa shape index (κ3) is 46.4. The van der Waals surface area contributed by atoms with Crippen molar-refractivity contribution < 1.29 is 24.5 Å². The van der Waals surface area contributed by atoms with Crippen LogP contribution in [-0.2, 0) is 14.3 Å². The Morgan fingerprint density at radius 1 is 0.453 bits per heavy atom. The number of carbonyl (C=O) groups is 2. The van der Waals surface area contributed by atoms with Crippen molar-refractivity contribution in [3.05, 3.63) is 48.6 Å². The van der Waals surface area contributed by atoms with Gasteiger partial charge in [-0.05, 0) is 70.6 Å². The number of aliphatic hydroxyl groups is 2. The molecule has 0 aromatic heterocycles. The van der Waals surface area contributed by atoms with E-state index in [1.54, 1.807) is 0 Å². The fourth-order valence-electron chi connectivity index (χ4n) is 8.41. The fourth-order valence-corrected chi connectivity index (χ4v) is 8.41. The van der Waals surface area contributed by atoms with Crippen molar-refractivity contribution in [2.45, 2.75) is 302 Å². The molecule has 0 aromatic carbocycles. The number of aliphatic hydroxyl groups excluding tert-OH is 2. The molecule has 0 saturated heterocycles. The lowest BCUT2D eigenvalue weighted by Gasteiger charge is -2.24. The molecule has 0 spiro atoms. The van der Waals surface area contributed by atoms with Crippen LogP contribution in [0.15, 0.2) is 48.6 Å². The Kier molecular flexibility index (Phi) is 50.0. The molecule has 0 radical (unpaired) electrons. The number of nitrogens with one attached hydrogen (secondary N) is 1.